The lowest BCUT2D eigenvalue weighted by Gasteiger charge is -2.49. The Balaban J connectivity index is 2.09. The van der Waals surface area contributed by atoms with Gasteiger partial charge in [0.05, 0.1) is 5.69 Å². The molecule has 1 aliphatic carbocycles. The molecular formula is C14H24N4. The minimum atomic E-state index is 0.329. The molecule has 0 atom stereocenters. The van der Waals surface area contributed by atoms with Gasteiger partial charge in [-0.3, -0.25) is 0 Å². The van der Waals surface area contributed by atoms with E-state index in [1.165, 1.54) is 19.3 Å². The Kier molecular flexibility index (Phi) is 3.88. The number of likely N-dealkylation sites (N-methyl/N-ethyl adjacent to an activating group) is 2. The highest BCUT2D eigenvalue weighted by Crippen LogP contribution is 2.37. The molecule has 0 spiro atoms. The Morgan fingerprint density at radius 2 is 2.00 bits per heavy atom. The maximum Gasteiger partial charge on any atom is 0.128 e. The molecule has 2 N–H and O–H groups in total. The normalized spacial score (nSPS) is 17.6. The highest BCUT2D eigenvalue weighted by Gasteiger charge is 2.40. The molecule has 1 aliphatic rings. The van der Waals surface area contributed by atoms with Crippen molar-refractivity contribution < 1.29 is 0 Å². The lowest BCUT2D eigenvalue weighted by Crippen LogP contribution is -2.56. The van der Waals surface area contributed by atoms with Gasteiger partial charge in [0.25, 0.3) is 0 Å². The van der Waals surface area contributed by atoms with E-state index in [1.54, 1.807) is 0 Å². The molecule has 0 aromatic carbocycles. The van der Waals surface area contributed by atoms with Gasteiger partial charge in [0.2, 0.25) is 0 Å². The second-order valence-corrected chi connectivity index (χ2v) is 5.52. The predicted octanol–water partition coefficient (Wildman–Crippen LogP) is 1.46. The molecule has 1 saturated carbocycles. The van der Waals surface area contributed by atoms with E-state index >= 15 is 0 Å². The minimum absolute atomic E-state index is 0.329. The molecule has 1 heterocycles. The van der Waals surface area contributed by atoms with Gasteiger partial charge in [-0.15, -0.1) is 0 Å². The van der Waals surface area contributed by atoms with E-state index in [-0.39, 0.29) is 0 Å². The fraction of sp³-hybridized carbons (Fsp3) is 0.643. The molecule has 4 nitrogen and oxygen atoms in total. The molecular weight excluding hydrogens is 224 g/mol. The first kappa shape index (κ1) is 13.3. The maximum absolute atomic E-state index is 5.64. The topological polar surface area (TPSA) is 45.4 Å². The van der Waals surface area contributed by atoms with Crippen molar-refractivity contribution in [3.63, 3.8) is 0 Å². The first-order valence-corrected chi connectivity index (χ1v) is 6.62. The van der Waals surface area contributed by atoms with Gasteiger partial charge in [0, 0.05) is 25.7 Å². The Morgan fingerprint density at radius 1 is 1.28 bits per heavy atom. The van der Waals surface area contributed by atoms with Crippen LogP contribution in [0.4, 0.5) is 5.82 Å². The molecule has 100 valence electrons. The van der Waals surface area contributed by atoms with Crippen molar-refractivity contribution in [2.45, 2.75) is 31.3 Å². The van der Waals surface area contributed by atoms with Gasteiger partial charge in [-0.2, -0.15) is 0 Å². The number of aromatic nitrogens is 1. The summed E-state index contributed by atoms with van der Waals surface area (Å²) in [6.07, 6.45) is 3.89. The molecule has 0 saturated heterocycles. The zero-order valence-electron chi connectivity index (χ0n) is 11.7. The summed E-state index contributed by atoms with van der Waals surface area (Å²) in [4.78, 5) is 9.18. The molecule has 1 aromatic heterocycles. The molecule has 0 amide bonds. The molecule has 2 rings (SSSR count). The van der Waals surface area contributed by atoms with Crippen LogP contribution in [0.5, 0.6) is 0 Å². The van der Waals surface area contributed by atoms with Crippen molar-refractivity contribution in [2.75, 3.05) is 32.6 Å². The van der Waals surface area contributed by atoms with Crippen LogP contribution in [0.2, 0.25) is 0 Å². The molecule has 0 aliphatic heterocycles. The lowest BCUT2D eigenvalue weighted by molar-refractivity contribution is 0.0682. The minimum Gasteiger partial charge on any atom is -0.358 e. The molecule has 1 fully saturated rings. The molecule has 0 radical (unpaired) electrons. The summed E-state index contributed by atoms with van der Waals surface area (Å²) in [7, 11) is 6.47. The molecule has 1 aromatic rings. The van der Waals surface area contributed by atoms with Crippen LogP contribution < -0.4 is 10.6 Å². The summed E-state index contributed by atoms with van der Waals surface area (Å²) < 4.78 is 0. The standard InChI is InChI=1S/C14H24N4/c1-17(2)14(8-5-9-14)11-18(3)13-7-4-6-12(10-15)16-13/h4,6-7H,5,8-11,15H2,1-3H3. The number of nitrogens with two attached hydrogens (primary N) is 1. The van der Waals surface area contributed by atoms with Crippen molar-refractivity contribution >= 4 is 5.82 Å². The first-order valence-electron chi connectivity index (χ1n) is 6.62. The third kappa shape index (κ3) is 2.49. The molecule has 18 heavy (non-hydrogen) atoms. The van der Waals surface area contributed by atoms with Gasteiger partial charge >= 0.3 is 0 Å². The van der Waals surface area contributed by atoms with Crippen molar-refractivity contribution in [1.82, 2.24) is 9.88 Å². The fourth-order valence-electron chi connectivity index (χ4n) is 2.65. The quantitative estimate of drug-likeness (QED) is 0.857. The summed E-state index contributed by atoms with van der Waals surface area (Å²) in [5.41, 5.74) is 6.92. The zero-order valence-corrected chi connectivity index (χ0v) is 11.7. The van der Waals surface area contributed by atoms with Crippen LogP contribution in [0.3, 0.4) is 0 Å². The number of nitrogens with zero attached hydrogens (tertiary/aromatic N) is 3. The van der Waals surface area contributed by atoms with Gasteiger partial charge in [0.1, 0.15) is 5.82 Å². The lowest BCUT2D eigenvalue weighted by atomic mass is 9.75. The van der Waals surface area contributed by atoms with Crippen molar-refractivity contribution in [3.8, 4) is 0 Å². The fourth-order valence-corrected chi connectivity index (χ4v) is 2.65. The van der Waals surface area contributed by atoms with Crippen LogP contribution in [-0.2, 0) is 6.54 Å². The Morgan fingerprint density at radius 3 is 2.50 bits per heavy atom. The summed E-state index contributed by atoms with van der Waals surface area (Å²) in [6, 6.07) is 6.06. The summed E-state index contributed by atoms with van der Waals surface area (Å²) in [6.45, 7) is 1.53. The van der Waals surface area contributed by atoms with Crippen molar-refractivity contribution in [2.24, 2.45) is 5.73 Å². The molecule has 0 unspecified atom stereocenters. The van der Waals surface area contributed by atoms with Crippen LogP contribution in [0.25, 0.3) is 0 Å². The van der Waals surface area contributed by atoms with E-state index in [1.807, 2.05) is 12.1 Å². The largest absolute Gasteiger partial charge is 0.358 e. The van der Waals surface area contributed by atoms with Crippen LogP contribution in [0, 0.1) is 0 Å². The van der Waals surface area contributed by atoms with E-state index < -0.39 is 0 Å². The highest BCUT2D eigenvalue weighted by molar-refractivity contribution is 5.39. The SMILES string of the molecule is CN(CC1(N(C)C)CCC1)c1cccc(CN)n1. The zero-order chi connectivity index (χ0) is 13.2. The predicted molar refractivity (Wildman–Crippen MR) is 75.7 cm³/mol. The van der Waals surface area contributed by atoms with E-state index in [4.69, 9.17) is 5.73 Å². The average Bonchev–Trinajstić information content (AvgIpc) is 2.33. The van der Waals surface area contributed by atoms with Crippen LogP contribution >= 0.6 is 0 Å². The number of hydrogen-bond acceptors (Lipinski definition) is 4. The van der Waals surface area contributed by atoms with Gasteiger partial charge in [-0.25, -0.2) is 4.98 Å². The highest BCUT2D eigenvalue weighted by atomic mass is 15.2. The van der Waals surface area contributed by atoms with E-state index in [9.17, 15) is 0 Å². The Bertz CT molecular complexity index is 399. The summed E-state index contributed by atoms with van der Waals surface area (Å²) in [5.74, 6) is 1.02. The Hall–Kier alpha value is -1.13. The first-order chi connectivity index (χ1) is 8.57. The Labute approximate surface area is 110 Å². The maximum atomic E-state index is 5.64. The van der Waals surface area contributed by atoms with Gasteiger partial charge < -0.3 is 15.5 Å². The van der Waals surface area contributed by atoms with Crippen LogP contribution in [0.15, 0.2) is 18.2 Å². The monoisotopic (exact) mass is 248 g/mol. The van der Waals surface area contributed by atoms with Gasteiger partial charge in [-0.1, -0.05) is 6.07 Å². The second kappa shape index (κ2) is 5.24. The smallest absolute Gasteiger partial charge is 0.128 e. The van der Waals surface area contributed by atoms with E-state index in [0.29, 0.717) is 12.1 Å². The van der Waals surface area contributed by atoms with Gasteiger partial charge in [-0.05, 0) is 45.5 Å². The number of pyridine rings is 1. The number of anilines is 1. The molecule has 4 heteroatoms. The second-order valence-electron chi connectivity index (χ2n) is 5.52. The third-order valence-corrected chi connectivity index (χ3v) is 4.16. The van der Waals surface area contributed by atoms with Crippen LogP contribution in [-0.4, -0.2) is 43.1 Å². The van der Waals surface area contributed by atoms with E-state index in [0.717, 1.165) is 18.1 Å². The third-order valence-electron chi connectivity index (χ3n) is 4.16. The van der Waals surface area contributed by atoms with E-state index in [2.05, 4.69) is 42.0 Å². The molecule has 0 bridgehead atoms. The van der Waals surface area contributed by atoms with Gasteiger partial charge in [0.15, 0.2) is 0 Å². The summed E-state index contributed by atoms with van der Waals surface area (Å²) >= 11 is 0. The number of rotatable bonds is 5. The number of hydrogen-bond donors (Lipinski definition) is 1. The average molecular weight is 248 g/mol. The summed E-state index contributed by atoms with van der Waals surface area (Å²) in [5, 5.41) is 0. The van der Waals surface area contributed by atoms with Crippen LogP contribution in [0.1, 0.15) is 25.0 Å². The van der Waals surface area contributed by atoms with Crippen molar-refractivity contribution in [3.05, 3.63) is 23.9 Å². The van der Waals surface area contributed by atoms with Crippen molar-refractivity contribution in [1.29, 1.82) is 0 Å².